The minimum absolute atomic E-state index is 0.114. The summed E-state index contributed by atoms with van der Waals surface area (Å²) in [6.45, 7) is 8.78. The highest BCUT2D eigenvalue weighted by atomic mass is 35.5. The van der Waals surface area contributed by atoms with E-state index < -0.39 is 23.8 Å². The summed E-state index contributed by atoms with van der Waals surface area (Å²) in [5.41, 5.74) is 20.9. The lowest BCUT2D eigenvalue weighted by Crippen LogP contribution is -2.40. The fraction of sp³-hybridized carbons (Fsp3) is 0.224. The molecule has 2 atom stereocenters. The Morgan fingerprint density at radius 1 is 0.542 bits per heavy atom. The molecule has 0 saturated carbocycles. The Morgan fingerprint density at radius 3 is 1.37 bits per heavy atom. The van der Waals surface area contributed by atoms with Gasteiger partial charge in [-0.2, -0.15) is 13.2 Å². The smallest absolute Gasteiger partial charge is 0.316 e. The lowest BCUT2D eigenvalue weighted by molar-refractivity contribution is -0.137. The first-order valence-electron chi connectivity index (χ1n) is 19.4. The van der Waals surface area contributed by atoms with Crippen molar-refractivity contribution < 1.29 is 22.8 Å². The van der Waals surface area contributed by atoms with Gasteiger partial charge in [-0.15, -0.1) is 0 Å². The van der Waals surface area contributed by atoms with Crippen molar-refractivity contribution in [2.45, 2.75) is 58.8 Å². The third-order valence-electron chi connectivity index (χ3n) is 10.4. The first-order valence-corrected chi connectivity index (χ1v) is 19.8. The number of benzene rings is 6. The number of nitrogens with two attached hydrogens (primary N) is 2. The average Bonchev–Trinajstić information content (AvgIpc) is 3.23. The zero-order valence-corrected chi connectivity index (χ0v) is 34.5. The van der Waals surface area contributed by atoms with Crippen molar-refractivity contribution >= 4 is 34.8 Å². The van der Waals surface area contributed by atoms with Crippen LogP contribution in [0.4, 0.5) is 24.5 Å². The Labute approximate surface area is 350 Å². The number of carbonyl (C=O) groups excluding carboxylic acids is 2. The van der Waals surface area contributed by atoms with Crippen molar-refractivity contribution in [2.24, 2.45) is 11.5 Å². The molecule has 0 heterocycles. The molecule has 2 amide bonds. The van der Waals surface area contributed by atoms with E-state index in [0.717, 1.165) is 45.6 Å². The summed E-state index contributed by atoms with van der Waals surface area (Å²) >= 11 is 6.11. The fourth-order valence-electron chi connectivity index (χ4n) is 6.54. The molecular formula is C49H50ClF3N4O2. The number of nitrogens with zero attached hydrogens (tertiary/aromatic N) is 2. The van der Waals surface area contributed by atoms with Crippen molar-refractivity contribution in [3.05, 3.63) is 201 Å². The monoisotopic (exact) mass is 818 g/mol. The molecule has 0 aliphatic carbocycles. The Kier molecular flexibility index (Phi) is 15.3. The lowest BCUT2D eigenvalue weighted by atomic mass is 10.0. The summed E-state index contributed by atoms with van der Waals surface area (Å²) in [6, 6.07) is 41.6. The van der Waals surface area contributed by atoms with Crippen LogP contribution in [0.25, 0.3) is 0 Å². The highest BCUT2D eigenvalue weighted by molar-refractivity contribution is 6.30. The molecule has 6 aromatic rings. The number of amides is 2. The summed E-state index contributed by atoms with van der Waals surface area (Å²) in [5.74, 6) is -0.419. The first kappa shape index (κ1) is 44.4. The maximum absolute atomic E-state index is 13.3. The number of rotatable bonds is 12. The molecule has 0 unspecified atom stereocenters. The molecule has 306 valence electrons. The van der Waals surface area contributed by atoms with E-state index in [1.807, 2.05) is 123 Å². The van der Waals surface area contributed by atoms with Gasteiger partial charge in [-0.05, 0) is 128 Å². The summed E-state index contributed by atoms with van der Waals surface area (Å²) in [7, 11) is 0. The number of carbonyl (C=O) groups is 2. The summed E-state index contributed by atoms with van der Waals surface area (Å²) in [4.78, 5) is 30.0. The second-order valence-corrected chi connectivity index (χ2v) is 15.1. The third-order valence-corrected chi connectivity index (χ3v) is 10.6. The van der Waals surface area contributed by atoms with Crippen LogP contribution in [-0.4, -0.2) is 24.9 Å². The van der Waals surface area contributed by atoms with Gasteiger partial charge >= 0.3 is 6.18 Å². The van der Waals surface area contributed by atoms with Crippen molar-refractivity contribution in [2.75, 3.05) is 22.9 Å². The van der Waals surface area contributed by atoms with E-state index in [1.165, 1.54) is 11.6 Å². The van der Waals surface area contributed by atoms with Crippen LogP contribution < -0.4 is 21.3 Å². The Balaban J connectivity index is 0.000000225. The van der Waals surface area contributed by atoms with E-state index in [1.54, 1.807) is 28.0 Å². The van der Waals surface area contributed by atoms with Gasteiger partial charge in [0.15, 0.2) is 0 Å². The maximum Gasteiger partial charge on any atom is 0.416 e. The summed E-state index contributed by atoms with van der Waals surface area (Å²) in [5, 5.41) is 0.697. The Bertz CT molecular complexity index is 2340. The van der Waals surface area contributed by atoms with Crippen LogP contribution >= 0.6 is 11.6 Å². The van der Waals surface area contributed by atoms with Gasteiger partial charge in [0, 0.05) is 29.5 Å². The molecule has 0 spiro atoms. The second kappa shape index (κ2) is 20.3. The molecule has 0 fully saturated rings. The van der Waals surface area contributed by atoms with Crippen LogP contribution in [0.2, 0.25) is 5.02 Å². The Morgan fingerprint density at radius 2 is 0.966 bits per heavy atom. The molecule has 10 heteroatoms. The van der Waals surface area contributed by atoms with Gasteiger partial charge in [-0.3, -0.25) is 9.59 Å². The zero-order chi connectivity index (χ0) is 42.7. The fourth-order valence-corrected chi connectivity index (χ4v) is 6.75. The second-order valence-electron chi connectivity index (χ2n) is 14.6. The quantitative estimate of drug-likeness (QED) is 0.129. The van der Waals surface area contributed by atoms with Crippen LogP contribution in [0.1, 0.15) is 62.2 Å². The minimum Gasteiger partial charge on any atom is -0.316 e. The SMILES string of the molecule is Cc1ccc(N(CCc2cccc(C(F)(F)F)c2)C(=O)[C@@H](N)c2ccccc2)cc1C.Cc1ccc(N(CCc2cccc(Cl)c2)C(=O)[C@@H](N)c2ccccc2)cc1C. The maximum atomic E-state index is 13.3. The van der Waals surface area contributed by atoms with Crippen LogP contribution in [0.5, 0.6) is 0 Å². The number of hydrogen-bond donors (Lipinski definition) is 2. The largest absolute Gasteiger partial charge is 0.416 e. The molecule has 0 aliphatic heterocycles. The van der Waals surface area contributed by atoms with Gasteiger partial charge in [0.25, 0.3) is 0 Å². The van der Waals surface area contributed by atoms with Crippen molar-refractivity contribution in [1.82, 2.24) is 0 Å². The zero-order valence-electron chi connectivity index (χ0n) is 33.7. The molecule has 4 N–H and O–H groups in total. The summed E-state index contributed by atoms with van der Waals surface area (Å²) in [6.07, 6.45) is -3.44. The highest BCUT2D eigenvalue weighted by Gasteiger charge is 2.31. The normalized spacial score (nSPS) is 12.2. The lowest BCUT2D eigenvalue weighted by Gasteiger charge is -2.27. The van der Waals surface area contributed by atoms with E-state index >= 15 is 0 Å². The minimum atomic E-state index is -4.41. The van der Waals surface area contributed by atoms with E-state index in [4.69, 9.17) is 23.1 Å². The average molecular weight is 819 g/mol. The van der Waals surface area contributed by atoms with Crippen LogP contribution in [0.3, 0.4) is 0 Å². The summed E-state index contributed by atoms with van der Waals surface area (Å²) < 4.78 is 39.2. The number of halogens is 4. The molecule has 0 bridgehead atoms. The van der Waals surface area contributed by atoms with E-state index in [2.05, 4.69) is 13.8 Å². The molecule has 0 radical (unpaired) electrons. The van der Waals surface area contributed by atoms with E-state index in [-0.39, 0.29) is 24.8 Å². The van der Waals surface area contributed by atoms with Crippen molar-refractivity contribution in [3.63, 3.8) is 0 Å². The van der Waals surface area contributed by atoms with Gasteiger partial charge in [0.1, 0.15) is 12.1 Å². The van der Waals surface area contributed by atoms with Gasteiger partial charge < -0.3 is 21.3 Å². The molecule has 6 rings (SSSR count). The molecule has 0 aliphatic rings. The third kappa shape index (κ3) is 12.1. The first-order chi connectivity index (χ1) is 28.1. The van der Waals surface area contributed by atoms with Crippen molar-refractivity contribution in [3.8, 4) is 0 Å². The molecule has 59 heavy (non-hydrogen) atoms. The Hall–Kier alpha value is -5.74. The predicted octanol–water partition coefficient (Wildman–Crippen LogP) is 10.8. The van der Waals surface area contributed by atoms with Crippen LogP contribution in [0.15, 0.2) is 146 Å². The number of anilines is 2. The molecule has 6 aromatic carbocycles. The van der Waals surface area contributed by atoms with Gasteiger partial charge in [-0.1, -0.05) is 115 Å². The topological polar surface area (TPSA) is 92.7 Å². The molecule has 0 aromatic heterocycles. The van der Waals surface area contributed by atoms with Gasteiger partial charge in [0.05, 0.1) is 5.56 Å². The highest BCUT2D eigenvalue weighted by Crippen LogP contribution is 2.30. The number of hydrogen-bond acceptors (Lipinski definition) is 4. The number of alkyl halides is 3. The van der Waals surface area contributed by atoms with Gasteiger partial charge in [-0.25, -0.2) is 0 Å². The van der Waals surface area contributed by atoms with E-state index in [0.29, 0.717) is 34.8 Å². The standard InChI is InChI=1S/C25H25F3N2O.C24H25ClN2O/c1-17-11-12-22(15-18(17)2)30(24(31)23(29)20-8-4-3-5-9-20)14-13-19-7-6-10-21(16-19)25(26,27)28;1-17-11-12-22(15-18(17)2)27(14-13-19-7-6-10-21(25)16-19)24(28)23(26)20-8-4-3-5-9-20/h3-12,15-16,23H,13-14,29H2,1-2H3;3-12,15-16,23H,13-14,26H2,1-2H3/t2*23-/m00/s1. The van der Waals surface area contributed by atoms with E-state index in [9.17, 15) is 22.8 Å². The van der Waals surface area contributed by atoms with Crippen LogP contribution in [-0.2, 0) is 28.6 Å². The molecular weight excluding hydrogens is 769 g/mol. The number of aryl methyl sites for hydroxylation is 4. The van der Waals surface area contributed by atoms with Gasteiger partial charge in [0.2, 0.25) is 11.8 Å². The molecule has 0 saturated heterocycles. The predicted molar refractivity (Wildman–Crippen MR) is 234 cm³/mol. The van der Waals surface area contributed by atoms with Crippen LogP contribution in [0, 0.1) is 27.7 Å². The molecule has 6 nitrogen and oxygen atoms in total. The van der Waals surface area contributed by atoms with Crippen molar-refractivity contribution in [1.29, 1.82) is 0 Å².